The molecule has 2 aromatic rings. The molecule has 1 heterocycles. The first-order valence-electron chi connectivity index (χ1n) is 5.61. The van der Waals surface area contributed by atoms with Crippen LogP contribution in [0.3, 0.4) is 0 Å². The van der Waals surface area contributed by atoms with Gasteiger partial charge in [0.05, 0.1) is 5.56 Å². The molecule has 2 nitrogen and oxygen atoms in total. The van der Waals surface area contributed by atoms with E-state index in [1.54, 1.807) is 6.20 Å². The van der Waals surface area contributed by atoms with E-state index in [-0.39, 0.29) is 0 Å². The number of nitrogens with zero attached hydrogens (tertiary/aromatic N) is 1. The summed E-state index contributed by atoms with van der Waals surface area (Å²) >= 11 is 0. The van der Waals surface area contributed by atoms with Crippen LogP contribution in [0.1, 0.15) is 23.6 Å². The molecule has 0 aliphatic heterocycles. The summed E-state index contributed by atoms with van der Waals surface area (Å²) in [4.78, 5) is 4.14. The van der Waals surface area contributed by atoms with Crippen LogP contribution in [0, 0.1) is 11.8 Å². The predicted octanol–water partition coefficient (Wildman–Crippen LogP) is 2.63. The van der Waals surface area contributed by atoms with Gasteiger partial charge in [-0.1, -0.05) is 37.0 Å². The van der Waals surface area contributed by atoms with E-state index in [9.17, 15) is 0 Å². The van der Waals surface area contributed by atoms with Gasteiger partial charge in [0, 0.05) is 11.8 Å². The molecule has 2 heteroatoms. The van der Waals surface area contributed by atoms with Gasteiger partial charge in [-0.05, 0) is 30.2 Å². The third-order valence-electron chi connectivity index (χ3n) is 2.50. The van der Waals surface area contributed by atoms with Crippen molar-refractivity contribution < 1.29 is 0 Å². The van der Waals surface area contributed by atoms with Crippen molar-refractivity contribution in [3.63, 3.8) is 0 Å². The number of benzene rings is 1. The largest absolute Gasteiger partial charge is 0.383 e. The smallest absolute Gasteiger partial charge is 0.139 e. The van der Waals surface area contributed by atoms with Crippen LogP contribution < -0.4 is 5.73 Å². The van der Waals surface area contributed by atoms with E-state index in [1.165, 1.54) is 0 Å². The van der Waals surface area contributed by atoms with Crippen LogP contribution in [-0.2, 0) is 6.42 Å². The van der Waals surface area contributed by atoms with Crippen molar-refractivity contribution in [1.29, 1.82) is 0 Å². The molecule has 0 atom stereocenters. The number of nitrogens with two attached hydrogens (primary N) is 1. The van der Waals surface area contributed by atoms with Gasteiger partial charge in [-0.2, -0.15) is 0 Å². The minimum absolute atomic E-state index is 0.491. The number of nitrogen functional groups attached to an aromatic ring is 1. The van der Waals surface area contributed by atoms with Gasteiger partial charge in [-0.25, -0.2) is 4.98 Å². The van der Waals surface area contributed by atoms with E-state index in [0.717, 1.165) is 23.1 Å². The first-order chi connectivity index (χ1) is 8.29. The fraction of sp³-hybridized carbons (Fsp3) is 0.133. The van der Waals surface area contributed by atoms with E-state index in [2.05, 4.69) is 23.7 Å². The first kappa shape index (κ1) is 11.2. The average Bonchev–Trinajstić information content (AvgIpc) is 2.39. The van der Waals surface area contributed by atoms with Gasteiger partial charge in [-0.3, -0.25) is 0 Å². The second kappa shape index (κ2) is 5.18. The van der Waals surface area contributed by atoms with Gasteiger partial charge in [0.1, 0.15) is 5.82 Å². The molecule has 0 unspecified atom stereocenters. The Kier molecular flexibility index (Phi) is 3.42. The maximum Gasteiger partial charge on any atom is 0.139 e. The number of aryl methyl sites for hydroxylation is 1. The third kappa shape index (κ3) is 2.85. The van der Waals surface area contributed by atoms with Gasteiger partial charge < -0.3 is 5.73 Å². The Hall–Kier alpha value is -2.27. The highest BCUT2D eigenvalue weighted by Crippen LogP contribution is 2.10. The number of anilines is 1. The maximum atomic E-state index is 5.79. The van der Waals surface area contributed by atoms with Crippen LogP contribution in [0.5, 0.6) is 0 Å². The summed E-state index contributed by atoms with van der Waals surface area (Å²) < 4.78 is 0. The molecular weight excluding hydrogens is 208 g/mol. The molecule has 84 valence electrons. The van der Waals surface area contributed by atoms with Crippen LogP contribution >= 0.6 is 0 Å². The molecular formula is C15H14N2. The van der Waals surface area contributed by atoms with Gasteiger partial charge in [-0.15, -0.1) is 0 Å². The lowest BCUT2D eigenvalue weighted by Crippen LogP contribution is -1.96. The fourth-order valence-corrected chi connectivity index (χ4v) is 1.47. The fourth-order valence-electron chi connectivity index (χ4n) is 1.47. The highest BCUT2D eigenvalue weighted by atomic mass is 14.8. The van der Waals surface area contributed by atoms with Gasteiger partial charge in [0.15, 0.2) is 0 Å². The number of aromatic nitrogens is 1. The lowest BCUT2D eigenvalue weighted by atomic mass is 10.1. The lowest BCUT2D eigenvalue weighted by Gasteiger charge is -2.00. The SMILES string of the molecule is CCc1cnc(N)c(C#Cc2ccccc2)c1. The molecule has 0 spiro atoms. The van der Waals surface area contributed by atoms with Crippen molar-refractivity contribution in [3.05, 3.63) is 59.3 Å². The Balaban J connectivity index is 2.33. The summed E-state index contributed by atoms with van der Waals surface area (Å²) in [5.74, 6) is 6.64. The Morgan fingerprint density at radius 3 is 2.65 bits per heavy atom. The average molecular weight is 222 g/mol. The van der Waals surface area contributed by atoms with E-state index < -0.39 is 0 Å². The molecule has 1 aromatic carbocycles. The predicted molar refractivity (Wildman–Crippen MR) is 70.4 cm³/mol. The Morgan fingerprint density at radius 1 is 1.18 bits per heavy atom. The highest BCUT2D eigenvalue weighted by molar-refractivity contribution is 5.54. The molecule has 0 aliphatic carbocycles. The summed E-state index contributed by atoms with van der Waals surface area (Å²) in [6, 6.07) is 11.8. The number of hydrogen-bond donors (Lipinski definition) is 1. The zero-order valence-corrected chi connectivity index (χ0v) is 9.77. The van der Waals surface area contributed by atoms with Crippen LogP contribution in [-0.4, -0.2) is 4.98 Å². The monoisotopic (exact) mass is 222 g/mol. The van der Waals surface area contributed by atoms with Crippen molar-refractivity contribution in [1.82, 2.24) is 4.98 Å². The molecule has 0 bridgehead atoms. The van der Waals surface area contributed by atoms with Gasteiger partial charge in [0.2, 0.25) is 0 Å². The Bertz CT molecular complexity index is 562. The van der Waals surface area contributed by atoms with Crippen molar-refractivity contribution in [2.45, 2.75) is 13.3 Å². The summed E-state index contributed by atoms with van der Waals surface area (Å²) in [5.41, 5.74) is 8.72. The van der Waals surface area contributed by atoms with Crippen LogP contribution in [0.4, 0.5) is 5.82 Å². The third-order valence-corrected chi connectivity index (χ3v) is 2.50. The number of rotatable bonds is 1. The first-order valence-corrected chi connectivity index (χ1v) is 5.61. The summed E-state index contributed by atoms with van der Waals surface area (Å²) in [6.07, 6.45) is 2.73. The van der Waals surface area contributed by atoms with Crippen molar-refractivity contribution in [2.75, 3.05) is 5.73 Å². The minimum Gasteiger partial charge on any atom is -0.383 e. The molecule has 0 fully saturated rings. The van der Waals surface area contributed by atoms with Crippen molar-refractivity contribution in [3.8, 4) is 11.8 Å². The molecule has 17 heavy (non-hydrogen) atoms. The molecule has 2 rings (SSSR count). The molecule has 0 radical (unpaired) electrons. The Labute approximate surface area is 102 Å². The molecule has 1 aromatic heterocycles. The number of hydrogen-bond acceptors (Lipinski definition) is 2. The molecule has 0 saturated heterocycles. The maximum absolute atomic E-state index is 5.79. The molecule has 0 amide bonds. The summed E-state index contributed by atoms with van der Waals surface area (Å²) in [7, 11) is 0. The van der Waals surface area contributed by atoms with E-state index in [4.69, 9.17) is 5.73 Å². The summed E-state index contributed by atoms with van der Waals surface area (Å²) in [6.45, 7) is 2.08. The summed E-state index contributed by atoms with van der Waals surface area (Å²) in [5, 5.41) is 0. The topological polar surface area (TPSA) is 38.9 Å². The van der Waals surface area contributed by atoms with Crippen LogP contribution in [0.25, 0.3) is 0 Å². The zero-order chi connectivity index (χ0) is 12.1. The van der Waals surface area contributed by atoms with Crippen molar-refractivity contribution in [2.24, 2.45) is 0 Å². The van der Waals surface area contributed by atoms with Crippen LogP contribution in [0.15, 0.2) is 42.6 Å². The Morgan fingerprint density at radius 2 is 1.94 bits per heavy atom. The lowest BCUT2D eigenvalue weighted by molar-refractivity contribution is 1.10. The van der Waals surface area contributed by atoms with E-state index >= 15 is 0 Å². The quantitative estimate of drug-likeness (QED) is 0.753. The number of pyridine rings is 1. The van der Waals surface area contributed by atoms with Crippen molar-refractivity contribution >= 4 is 5.82 Å². The van der Waals surface area contributed by atoms with E-state index in [1.807, 2.05) is 36.4 Å². The second-order valence-corrected chi connectivity index (χ2v) is 3.75. The molecule has 2 N–H and O–H groups in total. The van der Waals surface area contributed by atoms with Crippen LogP contribution in [0.2, 0.25) is 0 Å². The second-order valence-electron chi connectivity index (χ2n) is 3.75. The normalized spacial score (nSPS) is 9.47. The van der Waals surface area contributed by atoms with Gasteiger partial charge >= 0.3 is 0 Å². The van der Waals surface area contributed by atoms with Gasteiger partial charge in [0.25, 0.3) is 0 Å². The zero-order valence-electron chi connectivity index (χ0n) is 9.77. The highest BCUT2D eigenvalue weighted by Gasteiger charge is 1.98. The molecule has 0 aliphatic rings. The molecule has 0 saturated carbocycles. The minimum atomic E-state index is 0.491. The van der Waals surface area contributed by atoms with E-state index in [0.29, 0.717) is 5.82 Å². The standard InChI is InChI=1S/C15H14N2/c1-2-12-10-14(15(16)17-11-12)9-8-13-6-4-3-5-7-13/h3-7,10-11H,2H2,1H3,(H2,16,17).